The Bertz CT molecular complexity index is 460. The molecule has 0 aliphatic carbocycles. The lowest BCUT2D eigenvalue weighted by Crippen LogP contribution is -2.02. The van der Waals surface area contributed by atoms with E-state index in [9.17, 15) is 0 Å². The van der Waals surface area contributed by atoms with Crippen LogP contribution in [0.25, 0.3) is 11.3 Å². The number of aromatic nitrogens is 1. The Morgan fingerprint density at radius 1 is 1.33 bits per heavy atom. The fourth-order valence-corrected chi connectivity index (χ4v) is 1.49. The molecule has 3 nitrogen and oxygen atoms in total. The number of aryl methyl sites for hydroxylation is 1. The van der Waals surface area contributed by atoms with E-state index in [0.717, 1.165) is 11.3 Å². The van der Waals surface area contributed by atoms with Gasteiger partial charge in [-0.2, -0.15) is 0 Å². The molecule has 78 valence electrons. The van der Waals surface area contributed by atoms with Gasteiger partial charge in [-0.1, -0.05) is 29.4 Å². The van der Waals surface area contributed by atoms with E-state index in [1.807, 2.05) is 31.2 Å². The summed E-state index contributed by atoms with van der Waals surface area (Å²) in [6.45, 7) is 3.93. The summed E-state index contributed by atoms with van der Waals surface area (Å²) < 4.78 is 5.16. The molecule has 3 heteroatoms. The average Bonchev–Trinajstić information content (AvgIpc) is 2.67. The Kier molecular flexibility index (Phi) is 2.56. The highest BCUT2D eigenvalue weighted by molar-refractivity contribution is 5.63. The topological polar surface area (TPSA) is 52.0 Å². The summed E-state index contributed by atoms with van der Waals surface area (Å²) in [7, 11) is 0. The van der Waals surface area contributed by atoms with Crippen molar-refractivity contribution in [1.29, 1.82) is 0 Å². The second-order valence-corrected chi connectivity index (χ2v) is 3.72. The first kappa shape index (κ1) is 9.93. The van der Waals surface area contributed by atoms with Crippen LogP contribution in [0.5, 0.6) is 0 Å². The molecule has 0 saturated heterocycles. The van der Waals surface area contributed by atoms with Gasteiger partial charge in [-0.3, -0.25) is 0 Å². The minimum Gasteiger partial charge on any atom is -0.359 e. The molecule has 0 saturated carbocycles. The van der Waals surface area contributed by atoms with Gasteiger partial charge in [-0.15, -0.1) is 0 Å². The second-order valence-electron chi connectivity index (χ2n) is 3.72. The molecular formula is C12H14N2O. The van der Waals surface area contributed by atoms with Crippen molar-refractivity contribution in [2.24, 2.45) is 5.73 Å². The molecule has 0 aliphatic rings. The van der Waals surface area contributed by atoms with Crippen LogP contribution in [0.2, 0.25) is 0 Å². The molecule has 0 aliphatic heterocycles. The predicted octanol–water partition coefficient (Wildman–Crippen LogP) is 2.67. The van der Waals surface area contributed by atoms with E-state index in [-0.39, 0.29) is 6.04 Å². The molecule has 2 N–H and O–H groups in total. The highest BCUT2D eigenvalue weighted by Gasteiger charge is 2.10. The van der Waals surface area contributed by atoms with Crippen LogP contribution in [0.1, 0.15) is 24.3 Å². The number of hydrogen-bond donors (Lipinski definition) is 1. The highest BCUT2D eigenvalue weighted by atomic mass is 16.5. The highest BCUT2D eigenvalue weighted by Crippen LogP contribution is 2.24. The van der Waals surface area contributed by atoms with E-state index in [0.29, 0.717) is 5.76 Å². The van der Waals surface area contributed by atoms with E-state index >= 15 is 0 Å². The van der Waals surface area contributed by atoms with Crippen molar-refractivity contribution in [2.75, 3.05) is 0 Å². The number of rotatable bonds is 2. The maximum absolute atomic E-state index is 5.71. The van der Waals surface area contributed by atoms with Crippen molar-refractivity contribution >= 4 is 0 Å². The van der Waals surface area contributed by atoms with E-state index in [1.165, 1.54) is 5.56 Å². The summed E-state index contributed by atoms with van der Waals surface area (Å²) >= 11 is 0. The van der Waals surface area contributed by atoms with Crippen molar-refractivity contribution in [3.63, 3.8) is 0 Å². The first-order chi connectivity index (χ1) is 7.18. The van der Waals surface area contributed by atoms with Gasteiger partial charge in [-0.05, 0) is 19.4 Å². The van der Waals surface area contributed by atoms with Crippen molar-refractivity contribution < 1.29 is 4.52 Å². The molecule has 15 heavy (non-hydrogen) atoms. The summed E-state index contributed by atoms with van der Waals surface area (Å²) in [5.74, 6) is 0.716. The molecule has 2 rings (SSSR count). The van der Waals surface area contributed by atoms with Gasteiger partial charge in [0.05, 0.1) is 6.04 Å². The lowest BCUT2D eigenvalue weighted by Gasteiger charge is -1.99. The predicted molar refractivity (Wildman–Crippen MR) is 59.3 cm³/mol. The fourth-order valence-electron chi connectivity index (χ4n) is 1.49. The summed E-state index contributed by atoms with van der Waals surface area (Å²) in [5.41, 5.74) is 8.83. The minimum atomic E-state index is -0.115. The molecule has 0 bridgehead atoms. The van der Waals surface area contributed by atoms with E-state index in [1.54, 1.807) is 0 Å². The van der Waals surface area contributed by atoms with Gasteiger partial charge in [0, 0.05) is 11.6 Å². The third-order valence-electron chi connectivity index (χ3n) is 2.40. The molecule has 1 heterocycles. The fraction of sp³-hybridized carbons (Fsp3) is 0.250. The van der Waals surface area contributed by atoms with Gasteiger partial charge < -0.3 is 10.3 Å². The van der Waals surface area contributed by atoms with Crippen LogP contribution in [0.4, 0.5) is 0 Å². The molecule has 0 fully saturated rings. The third kappa shape index (κ3) is 1.92. The maximum atomic E-state index is 5.71. The molecule has 0 spiro atoms. The standard InChI is InChI=1S/C12H14N2O/c1-8-5-3-4-6-10(8)11-7-12(9(2)13)15-14-11/h3-7,9H,13H2,1-2H3. The Hall–Kier alpha value is -1.61. The Morgan fingerprint density at radius 2 is 2.07 bits per heavy atom. The normalized spacial score (nSPS) is 12.7. The van der Waals surface area contributed by atoms with Crippen LogP contribution in [-0.2, 0) is 0 Å². The number of nitrogens with zero attached hydrogens (tertiary/aromatic N) is 1. The molecule has 0 amide bonds. The van der Waals surface area contributed by atoms with Gasteiger partial charge in [-0.25, -0.2) is 0 Å². The molecule has 1 aromatic heterocycles. The van der Waals surface area contributed by atoms with E-state index in [2.05, 4.69) is 18.1 Å². The zero-order valence-corrected chi connectivity index (χ0v) is 8.90. The number of nitrogens with two attached hydrogens (primary N) is 1. The van der Waals surface area contributed by atoms with Gasteiger partial charge >= 0.3 is 0 Å². The summed E-state index contributed by atoms with van der Waals surface area (Å²) in [4.78, 5) is 0. The maximum Gasteiger partial charge on any atom is 0.153 e. The number of benzene rings is 1. The molecule has 1 aromatic carbocycles. The molecule has 0 radical (unpaired) electrons. The molecule has 1 unspecified atom stereocenters. The van der Waals surface area contributed by atoms with E-state index < -0.39 is 0 Å². The Morgan fingerprint density at radius 3 is 2.67 bits per heavy atom. The lowest BCUT2D eigenvalue weighted by atomic mass is 10.1. The first-order valence-electron chi connectivity index (χ1n) is 4.96. The Balaban J connectivity index is 2.42. The first-order valence-corrected chi connectivity index (χ1v) is 4.96. The second kappa shape index (κ2) is 3.87. The molecule has 2 aromatic rings. The van der Waals surface area contributed by atoms with Crippen molar-refractivity contribution in [2.45, 2.75) is 19.9 Å². The van der Waals surface area contributed by atoms with Crippen molar-refractivity contribution in [3.8, 4) is 11.3 Å². The van der Waals surface area contributed by atoms with Gasteiger partial charge in [0.2, 0.25) is 0 Å². The van der Waals surface area contributed by atoms with Crippen molar-refractivity contribution in [1.82, 2.24) is 5.16 Å². The average molecular weight is 202 g/mol. The van der Waals surface area contributed by atoms with Crippen LogP contribution >= 0.6 is 0 Å². The summed E-state index contributed by atoms with van der Waals surface area (Å²) in [6.07, 6.45) is 0. The van der Waals surface area contributed by atoms with Gasteiger partial charge in [0.25, 0.3) is 0 Å². The van der Waals surface area contributed by atoms with Gasteiger partial charge in [0.15, 0.2) is 5.76 Å². The smallest absolute Gasteiger partial charge is 0.153 e. The molecule has 1 atom stereocenters. The zero-order valence-electron chi connectivity index (χ0n) is 8.90. The van der Waals surface area contributed by atoms with Crippen molar-refractivity contribution in [3.05, 3.63) is 41.7 Å². The van der Waals surface area contributed by atoms with Crippen LogP contribution in [-0.4, -0.2) is 5.16 Å². The lowest BCUT2D eigenvalue weighted by molar-refractivity contribution is 0.369. The minimum absolute atomic E-state index is 0.115. The summed E-state index contributed by atoms with van der Waals surface area (Å²) in [6, 6.07) is 9.85. The zero-order chi connectivity index (χ0) is 10.8. The SMILES string of the molecule is Cc1ccccc1-c1cc(C(C)N)on1. The van der Waals surface area contributed by atoms with Gasteiger partial charge in [0.1, 0.15) is 5.69 Å². The quantitative estimate of drug-likeness (QED) is 0.814. The van der Waals surface area contributed by atoms with Crippen LogP contribution < -0.4 is 5.73 Å². The van der Waals surface area contributed by atoms with E-state index in [4.69, 9.17) is 10.3 Å². The third-order valence-corrected chi connectivity index (χ3v) is 2.40. The largest absolute Gasteiger partial charge is 0.359 e. The van der Waals surface area contributed by atoms with Crippen LogP contribution in [0, 0.1) is 6.92 Å². The Labute approximate surface area is 88.9 Å². The van der Waals surface area contributed by atoms with Crippen LogP contribution in [0.3, 0.4) is 0 Å². The monoisotopic (exact) mass is 202 g/mol. The molecular weight excluding hydrogens is 188 g/mol. The number of hydrogen-bond acceptors (Lipinski definition) is 3. The summed E-state index contributed by atoms with van der Waals surface area (Å²) in [5, 5.41) is 4.01. The van der Waals surface area contributed by atoms with Crippen LogP contribution in [0.15, 0.2) is 34.9 Å².